The van der Waals surface area contributed by atoms with Crippen LogP contribution >= 0.6 is 12.6 Å². The Bertz CT molecular complexity index is 374. The highest BCUT2D eigenvalue weighted by molar-refractivity contribution is 7.80. The summed E-state index contributed by atoms with van der Waals surface area (Å²) >= 11 is 4.62. The Labute approximate surface area is 109 Å². The molecule has 3 heteroatoms. The van der Waals surface area contributed by atoms with Crippen LogP contribution in [0.25, 0.3) is 0 Å². The van der Waals surface area contributed by atoms with E-state index < -0.39 is 0 Å². The highest BCUT2D eigenvalue weighted by atomic mass is 32.1. The largest absolute Gasteiger partial charge is 0.379 e. The van der Waals surface area contributed by atoms with Crippen LogP contribution in [0, 0.1) is 6.92 Å². The van der Waals surface area contributed by atoms with Crippen molar-refractivity contribution in [2.75, 3.05) is 26.3 Å². The van der Waals surface area contributed by atoms with E-state index in [2.05, 4.69) is 49.6 Å². The fourth-order valence-electron chi connectivity index (χ4n) is 2.50. The molecule has 2 rings (SSSR count). The molecule has 94 valence electrons. The maximum absolute atomic E-state index is 5.42. The van der Waals surface area contributed by atoms with Gasteiger partial charge in [0.15, 0.2) is 0 Å². The van der Waals surface area contributed by atoms with Crippen molar-refractivity contribution < 1.29 is 4.74 Å². The summed E-state index contributed by atoms with van der Waals surface area (Å²) in [5.74, 6) is 0. The van der Waals surface area contributed by atoms with Crippen LogP contribution in [-0.2, 0) is 4.74 Å². The summed E-state index contributed by atoms with van der Waals surface area (Å²) in [7, 11) is 0. The molecule has 1 aromatic rings. The van der Waals surface area contributed by atoms with Crippen molar-refractivity contribution in [2.24, 2.45) is 0 Å². The lowest BCUT2D eigenvalue weighted by molar-refractivity contribution is 0.0147. The third-order valence-electron chi connectivity index (χ3n) is 3.42. The summed E-state index contributed by atoms with van der Waals surface area (Å²) in [5, 5.41) is 0. The van der Waals surface area contributed by atoms with Crippen molar-refractivity contribution in [1.82, 2.24) is 4.90 Å². The Hall–Kier alpha value is -0.510. The molecule has 0 aliphatic carbocycles. The predicted molar refractivity (Wildman–Crippen MR) is 73.9 cm³/mol. The fraction of sp³-hybridized carbons (Fsp3) is 0.571. The molecule has 1 fully saturated rings. The number of benzene rings is 1. The van der Waals surface area contributed by atoms with E-state index in [0.29, 0.717) is 6.04 Å². The second-order valence-corrected chi connectivity index (χ2v) is 5.12. The second kappa shape index (κ2) is 5.89. The van der Waals surface area contributed by atoms with E-state index in [9.17, 15) is 0 Å². The van der Waals surface area contributed by atoms with E-state index in [4.69, 9.17) is 4.74 Å². The molecule has 2 nitrogen and oxygen atoms in total. The average Bonchev–Trinajstić information content (AvgIpc) is 2.34. The quantitative estimate of drug-likeness (QED) is 0.829. The molecule has 1 aliphatic rings. The Morgan fingerprint density at radius 3 is 2.65 bits per heavy atom. The molecule has 1 heterocycles. The van der Waals surface area contributed by atoms with E-state index in [0.717, 1.165) is 37.6 Å². The minimum atomic E-state index is 0.479. The number of hydrogen-bond donors (Lipinski definition) is 1. The molecule has 1 aromatic carbocycles. The lowest BCUT2D eigenvalue weighted by Crippen LogP contribution is -2.39. The van der Waals surface area contributed by atoms with Gasteiger partial charge in [0.2, 0.25) is 0 Å². The van der Waals surface area contributed by atoms with Gasteiger partial charge < -0.3 is 4.74 Å². The minimum Gasteiger partial charge on any atom is -0.379 e. The van der Waals surface area contributed by atoms with Crippen LogP contribution in [0.3, 0.4) is 0 Å². The normalized spacial score (nSPS) is 19.2. The van der Waals surface area contributed by atoms with Gasteiger partial charge in [-0.15, -0.1) is 12.6 Å². The maximum atomic E-state index is 5.42. The monoisotopic (exact) mass is 251 g/mol. The number of hydrogen-bond acceptors (Lipinski definition) is 3. The summed E-state index contributed by atoms with van der Waals surface area (Å²) in [5.41, 5.74) is 2.62. The van der Waals surface area contributed by atoms with Crippen LogP contribution < -0.4 is 0 Å². The van der Waals surface area contributed by atoms with Crippen molar-refractivity contribution in [3.8, 4) is 0 Å². The van der Waals surface area contributed by atoms with Crippen LogP contribution in [0.15, 0.2) is 23.1 Å². The molecule has 1 atom stereocenters. The summed E-state index contributed by atoms with van der Waals surface area (Å²) < 4.78 is 5.42. The summed E-state index contributed by atoms with van der Waals surface area (Å²) in [6, 6.07) is 7.04. The van der Waals surface area contributed by atoms with Crippen LogP contribution in [0.2, 0.25) is 0 Å². The summed E-state index contributed by atoms with van der Waals surface area (Å²) in [6.45, 7) is 8.11. The van der Waals surface area contributed by atoms with E-state index in [-0.39, 0.29) is 0 Å². The van der Waals surface area contributed by atoms with Crippen LogP contribution in [0.4, 0.5) is 0 Å². The van der Waals surface area contributed by atoms with Gasteiger partial charge in [-0.05, 0) is 25.0 Å². The molecule has 0 amide bonds. The van der Waals surface area contributed by atoms with Crippen LogP contribution in [-0.4, -0.2) is 31.2 Å². The highest BCUT2D eigenvalue weighted by Gasteiger charge is 2.22. The van der Waals surface area contributed by atoms with Gasteiger partial charge in [0.25, 0.3) is 0 Å². The molecule has 0 saturated carbocycles. The number of thiol groups is 1. The van der Waals surface area contributed by atoms with Gasteiger partial charge in [0.05, 0.1) is 13.2 Å². The molecule has 1 saturated heterocycles. The predicted octanol–water partition coefficient (Wildman–Crippen LogP) is 3.07. The fourth-order valence-corrected chi connectivity index (χ4v) is 2.93. The van der Waals surface area contributed by atoms with Gasteiger partial charge in [-0.3, -0.25) is 4.90 Å². The van der Waals surface area contributed by atoms with E-state index >= 15 is 0 Å². The first-order valence-corrected chi connectivity index (χ1v) is 6.78. The zero-order valence-corrected chi connectivity index (χ0v) is 11.5. The van der Waals surface area contributed by atoms with Gasteiger partial charge in [-0.2, -0.15) is 0 Å². The van der Waals surface area contributed by atoms with E-state index in [1.807, 2.05) is 0 Å². The van der Waals surface area contributed by atoms with Crippen molar-refractivity contribution in [2.45, 2.75) is 31.2 Å². The molecule has 0 spiro atoms. The molecule has 0 aromatic heterocycles. The molecule has 0 N–H and O–H groups in total. The van der Waals surface area contributed by atoms with Crippen molar-refractivity contribution >= 4 is 12.6 Å². The smallest absolute Gasteiger partial charge is 0.0594 e. The maximum Gasteiger partial charge on any atom is 0.0594 e. The third kappa shape index (κ3) is 3.03. The second-order valence-electron chi connectivity index (χ2n) is 4.63. The lowest BCUT2D eigenvalue weighted by Gasteiger charge is -2.34. The lowest BCUT2D eigenvalue weighted by atomic mass is 10.0. The first-order valence-electron chi connectivity index (χ1n) is 6.33. The van der Waals surface area contributed by atoms with Gasteiger partial charge in [0.1, 0.15) is 0 Å². The number of ether oxygens (including phenoxy) is 1. The molecular weight excluding hydrogens is 230 g/mol. The van der Waals surface area contributed by atoms with Crippen LogP contribution in [0.5, 0.6) is 0 Å². The number of morpholine rings is 1. The van der Waals surface area contributed by atoms with Gasteiger partial charge in [-0.25, -0.2) is 0 Å². The van der Waals surface area contributed by atoms with Gasteiger partial charge in [0, 0.05) is 24.0 Å². The van der Waals surface area contributed by atoms with Crippen LogP contribution in [0.1, 0.15) is 30.5 Å². The van der Waals surface area contributed by atoms with E-state index in [1.165, 1.54) is 11.1 Å². The Kier molecular flexibility index (Phi) is 4.48. The Morgan fingerprint density at radius 1 is 1.35 bits per heavy atom. The zero-order valence-electron chi connectivity index (χ0n) is 10.6. The molecule has 1 unspecified atom stereocenters. The molecular formula is C14H21NOS. The van der Waals surface area contributed by atoms with Crippen molar-refractivity contribution in [3.05, 3.63) is 29.3 Å². The molecule has 0 bridgehead atoms. The standard InChI is InChI=1S/C14H21NOS/c1-3-13(15-6-8-16-9-7-15)12-5-4-11(2)10-14(12)17/h4-5,10,13,17H,3,6-9H2,1-2H3. The topological polar surface area (TPSA) is 12.5 Å². The van der Waals surface area contributed by atoms with E-state index in [1.54, 1.807) is 0 Å². The number of rotatable bonds is 3. The van der Waals surface area contributed by atoms with Gasteiger partial charge in [-0.1, -0.05) is 24.6 Å². The molecule has 0 radical (unpaired) electrons. The third-order valence-corrected chi connectivity index (χ3v) is 3.81. The minimum absolute atomic E-state index is 0.479. The Balaban J connectivity index is 2.21. The van der Waals surface area contributed by atoms with Crippen molar-refractivity contribution in [3.63, 3.8) is 0 Å². The first-order chi connectivity index (χ1) is 8.22. The zero-order chi connectivity index (χ0) is 12.3. The molecule has 1 aliphatic heterocycles. The summed E-state index contributed by atoms with van der Waals surface area (Å²) in [6.07, 6.45) is 1.12. The highest BCUT2D eigenvalue weighted by Crippen LogP contribution is 2.30. The Morgan fingerprint density at radius 2 is 2.06 bits per heavy atom. The van der Waals surface area contributed by atoms with Crippen molar-refractivity contribution in [1.29, 1.82) is 0 Å². The molecule has 17 heavy (non-hydrogen) atoms. The number of aryl methyl sites for hydroxylation is 1. The summed E-state index contributed by atoms with van der Waals surface area (Å²) in [4.78, 5) is 3.62. The first kappa shape index (κ1) is 12.9. The SMILES string of the molecule is CCC(c1ccc(C)cc1S)N1CCOCC1. The van der Waals surface area contributed by atoms with Gasteiger partial charge >= 0.3 is 0 Å². The number of nitrogens with zero attached hydrogens (tertiary/aromatic N) is 1. The average molecular weight is 251 g/mol.